The maximum Gasteiger partial charge on any atom is 0.323 e. The molecule has 32 heavy (non-hydrogen) atoms. The van der Waals surface area contributed by atoms with E-state index in [9.17, 15) is 9.18 Å². The van der Waals surface area contributed by atoms with Crippen molar-refractivity contribution in [3.8, 4) is 11.1 Å². The molecule has 0 unspecified atom stereocenters. The fraction of sp³-hybridized carbons (Fsp3) is 0.0870. The summed E-state index contributed by atoms with van der Waals surface area (Å²) in [4.78, 5) is 22.6. The Morgan fingerprint density at radius 2 is 1.84 bits per heavy atom. The van der Waals surface area contributed by atoms with Crippen LogP contribution in [0.3, 0.4) is 0 Å². The van der Waals surface area contributed by atoms with Crippen molar-refractivity contribution < 1.29 is 9.18 Å². The molecule has 162 valence electrons. The number of benzene rings is 2. The number of rotatable bonds is 5. The number of amides is 2. The van der Waals surface area contributed by atoms with Crippen LogP contribution in [0.25, 0.3) is 22.0 Å². The third-order valence-corrected chi connectivity index (χ3v) is 6.56. The standard InChI is InChI=1S/C23H18ClFN4OS2/c1-31-19-9-10-26-22(32-2)21(19)29-23(30)28-18-12-27-17-8-7-13(25)11-15(17)20(18)14-5-3-4-6-16(14)24/h3-12H,1-2H3,(H2,28,29,30). The number of carbonyl (C=O) groups excluding carboxylic acids is 1. The predicted molar refractivity (Wildman–Crippen MR) is 133 cm³/mol. The molecular weight excluding hydrogens is 467 g/mol. The van der Waals surface area contributed by atoms with Crippen molar-refractivity contribution in [1.29, 1.82) is 0 Å². The van der Waals surface area contributed by atoms with E-state index < -0.39 is 11.8 Å². The van der Waals surface area contributed by atoms with Crippen LogP contribution in [-0.4, -0.2) is 28.5 Å². The number of nitrogens with zero attached hydrogens (tertiary/aromatic N) is 2. The minimum absolute atomic E-state index is 0.404. The maximum atomic E-state index is 14.1. The van der Waals surface area contributed by atoms with Gasteiger partial charge >= 0.3 is 6.03 Å². The first kappa shape index (κ1) is 22.4. The quantitative estimate of drug-likeness (QED) is 0.294. The summed E-state index contributed by atoms with van der Waals surface area (Å²) in [5, 5.41) is 7.49. The summed E-state index contributed by atoms with van der Waals surface area (Å²) in [5.74, 6) is -0.404. The van der Waals surface area contributed by atoms with E-state index in [-0.39, 0.29) is 0 Å². The van der Waals surface area contributed by atoms with E-state index in [0.717, 1.165) is 4.90 Å². The first-order valence-corrected chi connectivity index (χ1v) is 12.3. The lowest BCUT2D eigenvalue weighted by molar-refractivity contribution is 0.262. The Labute approximate surface area is 198 Å². The number of thioether (sulfide) groups is 2. The van der Waals surface area contributed by atoms with Crippen LogP contribution in [0.15, 0.2) is 70.8 Å². The third-order valence-electron chi connectivity index (χ3n) is 4.75. The molecule has 2 N–H and O–H groups in total. The zero-order chi connectivity index (χ0) is 22.7. The molecule has 4 rings (SSSR count). The highest BCUT2D eigenvalue weighted by Crippen LogP contribution is 2.39. The number of aromatic nitrogens is 2. The van der Waals surface area contributed by atoms with E-state index >= 15 is 0 Å². The zero-order valence-electron chi connectivity index (χ0n) is 17.1. The molecule has 5 nitrogen and oxygen atoms in total. The summed E-state index contributed by atoms with van der Waals surface area (Å²) >= 11 is 9.41. The van der Waals surface area contributed by atoms with Crippen LogP contribution < -0.4 is 10.6 Å². The minimum Gasteiger partial charge on any atom is -0.306 e. The third kappa shape index (κ3) is 4.53. The molecule has 0 aliphatic heterocycles. The number of fused-ring (bicyclic) bond motifs is 1. The van der Waals surface area contributed by atoms with Crippen LogP contribution in [0, 0.1) is 5.82 Å². The van der Waals surface area contributed by atoms with E-state index in [4.69, 9.17) is 11.6 Å². The van der Waals surface area contributed by atoms with Crippen LogP contribution in [0.5, 0.6) is 0 Å². The van der Waals surface area contributed by atoms with Crippen LogP contribution >= 0.6 is 35.1 Å². The number of nitrogens with one attached hydrogen (secondary N) is 2. The van der Waals surface area contributed by atoms with Gasteiger partial charge in [0, 0.05) is 32.6 Å². The largest absolute Gasteiger partial charge is 0.323 e. The summed E-state index contributed by atoms with van der Waals surface area (Å²) in [5.41, 5.74) is 2.89. The van der Waals surface area contributed by atoms with Crippen molar-refractivity contribution in [1.82, 2.24) is 9.97 Å². The Bertz CT molecular complexity index is 1300. The van der Waals surface area contributed by atoms with Crippen LogP contribution in [0.4, 0.5) is 20.6 Å². The van der Waals surface area contributed by atoms with E-state index in [1.165, 1.54) is 35.7 Å². The molecule has 0 atom stereocenters. The Balaban J connectivity index is 1.78. The van der Waals surface area contributed by atoms with Crippen molar-refractivity contribution in [2.45, 2.75) is 9.92 Å². The van der Waals surface area contributed by atoms with E-state index in [1.807, 2.05) is 36.8 Å². The van der Waals surface area contributed by atoms with Gasteiger partial charge in [-0.25, -0.2) is 14.2 Å². The molecule has 2 aromatic carbocycles. The summed E-state index contributed by atoms with van der Waals surface area (Å²) in [6.45, 7) is 0. The molecule has 0 bridgehead atoms. The summed E-state index contributed by atoms with van der Waals surface area (Å²) in [7, 11) is 0. The Morgan fingerprint density at radius 1 is 1.03 bits per heavy atom. The highest BCUT2D eigenvalue weighted by atomic mass is 35.5. The Morgan fingerprint density at radius 3 is 2.59 bits per heavy atom. The second kappa shape index (κ2) is 9.77. The average Bonchev–Trinajstić information content (AvgIpc) is 2.79. The maximum absolute atomic E-state index is 14.1. The second-order valence-electron chi connectivity index (χ2n) is 6.66. The van der Waals surface area contributed by atoms with Gasteiger partial charge in [-0.1, -0.05) is 29.8 Å². The molecule has 0 fully saturated rings. The lowest BCUT2D eigenvalue weighted by Crippen LogP contribution is -2.21. The van der Waals surface area contributed by atoms with Gasteiger partial charge in [-0.15, -0.1) is 23.5 Å². The highest BCUT2D eigenvalue weighted by Gasteiger charge is 2.18. The smallest absolute Gasteiger partial charge is 0.306 e. The molecule has 9 heteroatoms. The second-order valence-corrected chi connectivity index (χ2v) is 8.72. The molecule has 4 aromatic rings. The number of pyridine rings is 2. The summed E-state index contributed by atoms with van der Waals surface area (Å²) in [6.07, 6.45) is 7.08. The van der Waals surface area contributed by atoms with E-state index in [0.29, 0.717) is 43.5 Å². The molecule has 0 aliphatic rings. The molecule has 0 saturated carbocycles. The van der Waals surface area contributed by atoms with Gasteiger partial charge in [0.1, 0.15) is 10.8 Å². The zero-order valence-corrected chi connectivity index (χ0v) is 19.5. The average molecular weight is 485 g/mol. The normalized spacial score (nSPS) is 10.9. The van der Waals surface area contributed by atoms with Crippen LogP contribution in [0.1, 0.15) is 0 Å². The number of hydrogen-bond acceptors (Lipinski definition) is 5. The van der Waals surface area contributed by atoms with Crippen molar-refractivity contribution in [2.24, 2.45) is 0 Å². The molecular formula is C23H18ClFN4OS2. The van der Waals surface area contributed by atoms with Crippen molar-refractivity contribution >= 4 is 63.4 Å². The van der Waals surface area contributed by atoms with Gasteiger partial charge in [0.15, 0.2) is 0 Å². The summed E-state index contributed by atoms with van der Waals surface area (Å²) in [6, 6.07) is 12.9. The van der Waals surface area contributed by atoms with Crippen LogP contribution in [-0.2, 0) is 0 Å². The molecule has 2 amide bonds. The van der Waals surface area contributed by atoms with Gasteiger partial charge in [0.05, 0.1) is 23.1 Å². The molecule has 2 heterocycles. The number of urea groups is 1. The van der Waals surface area contributed by atoms with E-state index in [2.05, 4.69) is 20.6 Å². The van der Waals surface area contributed by atoms with Gasteiger partial charge in [-0.3, -0.25) is 4.98 Å². The minimum atomic E-state index is -0.463. The van der Waals surface area contributed by atoms with Gasteiger partial charge in [0.2, 0.25) is 0 Å². The molecule has 0 saturated heterocycles. The van der Waals surface area contributed by atoms with Gasteiger partial charge in [-0.05, 0) is 42.8 Å². The Hall–Kier alpha value is -2.81. The lowest BCUT2D eigenvalue weighted by atomic mass is 9.99. The molecule has 0 radical (unpaired) electrons. The monoisotopic (exact) mass is 484 g/mol. The highest BCUT2D eigenvalue weighted by molar-refractivity contribution is 7.99. The first-order chi connectivity index (χ1) is 15.5. The number of hydrogen-bond donors (Lipinski definition) is 2. The number of anilines is 2. The van der Waals surface area contributed by atoms with Crippen molar-refractivity contribution in [3.63, 3.8) is 0 Å². The topological polar surface area (TPSA) is 66.9 Å². The lowest BCUT2D eigenvalue weighted by Gasteiger charge is -2.17. The van der Waals surface area contributed by atoms with E-state index in [1.54, 1.807) is 24.5 Å². The van der Waals surface area contributed by atoms with Crippen LogP contribution in [0.2, 0.25) is 5.02 Å². The number of halogens is 2. The fourth-order valence-electron chi connectivity index (χ4n) is 3.35. The van der Waals surface area contributed by atoms with Gasteiger partial charge in [-0.2, -0.15) is 0 Å². The fourth-order valence-corrected chi connectivity index (χ4v) is 4.72. The summed E-state index contributed by atoms with van der Waals surface area (Å²) < 4.78 is 14.1. The predicted octanol–water partition coefficient (Wildman–Crippen LogP) is 7.18. The molecule has 2 aromatic heterocycles. The van der Waals surface area contributed by atoms with Gasteiger partial charge < -0.3 is 10.6 Å². The number of carbonyl (C=O) groups is 1. The first-order valence-electron chi connectivity index (χ1n) is 9.50. The molecule has 0 aliphatic carbocycles. The van der Waals surface area contributed by atoms with Crippen molar-refractivity contribution in [3.05, 3.63) is 71.8 Å². The van der Waals surface area contributed by atoms with Crippen molar-refractivity contribution in [2.75, 3.05) is 23.1 Å². The van der Waals surface area contributed by atoms with Gasteiger partial charge in [0.25, 0.3) is 0 Å². The molecule has 0 spiro atoms. The SMILES string of the molecule is CSc1ccnc(SC)c1NC(=O)Nc1cnc2ccc(F)cc2c1-c1ccccc1Cl. The Kier molecular flexibility index (Phi) is 6.83.